The first-order valence-electron chi connectivity index (χ1n) is 16.6. The minimum absolute atomic E-state index is 0.198. The Hall–Kier alpha value is -5.41. The van der Waals surface area contributed by atoms with Gasteiger partial charge in [-0.2, -0.15) is 0 Å². The van der Waals surface area contributed by atoms with Crippen molar-refractivity contribution in [1.29, 1.82) is 0 Å². The second-order valence-corrected chi connectivity index (χ2v) is 10.4. The van der Waals surface area contributed by atoms with Gasteiger partial charge in [-0.3, -0.25) is 4.57 Å². The molecule has 0 aliphatic carbocycles. The van der Waals surface area contributed by atoms with E-state index in [1.165, 1.54) is 0 Å². The zero-order valence-corrected chi connectivity index (χ0v) is 23.0. The summed E-state index contributed by atoms with van der Waals surface area (Å²) in [6.07, 6.45) is 0.825. The van der Waals surface area contributed by atoms with Crippen molar-refractivity contribution in [3.63, 3.8) is 0 Å². The van der Waals surface area contributed by atoms with E-state index in [9.17, 15) is 0 Å². The minimum Gasteiger partial charge on any atom is -0.306 e. The van der Waals surface area contributed by atoms with Gasteiger partial charge in [0, 0.05) is 12.1 Å². The molecule has 3 heteroatoms. The predicted molar refractivity (Wildman–Crippen MR) is 175 cm³/mol. The molecule has 0 saturated heterocycles. The van der Waals surface area contributed by atoms with Crippen molar-refractivity contribution in [1.82, 2.24) is 9.55 Å². The Bertz CT molecular complexity index is 2300. The minimum atomic E-state index is -0.387. The lowest BCUT2D eigenvalue weighted by atomic mass is 9.97. The van der Waals surface area contributed by atoms with Crippen molar-refractivity contribution in [2.45, 2.75) is 13.3 Å². The molecule has 7 aromatic rings. The molecule has 1 aromatic heterocycles. The molecule has 3 nitrogen and oxygen atoms in total. The summed E-state index contributed by atoms with van der Waals surface area (Å²) in [7, 11) is 0. The predicted octanol–water partition coefficient (Wildman–Crippen LogP) is 10.4. The van der Waals surface area contributed by atoms with E-state index in [-0.39, 0.29) is 35.8 Å². The van der Waals surface area contributed by atoms with E-state index in [1.807, 2.05) is 30.3 Å². The molecule has 200 valence electrons. The molecule has 8 rings (SSSR count). The SMILES string of the molecule is [2H]c1c([2H])c([2H])c(-c2ccc(-c3ccc(-c4ccc5c(c4)N(c4ccccc4)c4cccc6nc(CC)n-5c46)cc3)cc2)c([2H])c1[2H]. The van der Waals surface area contributed by atoms with E-state index >= 15 is 0 Å². The van der Waals surface area contributed by atoms with Crippen LogP contribution in [0, 0.1) is 0 Å². The van der Waals surface area contributed by atoms with E-state index in [1.54, 1.807) is 0 Å². The summed E-state index contributed by atoms with van der Waals surface area (Å²) in [6, 6.07) is 37.9. The van der Waals surface area contributed by atoms with Crippen molar-refractivity contribution in [3.05, 3.63) is 151 Å². The Morgan fingerprint density at radius 3 is 1.86 bits per heavy atom. The van der Waals surface area contributed by atoms with Crippen molar-refractivity contribution in [2.75, 3.05) is 4.90 Å². The number of anilines is 3. The fourth-order valence-corrected chi connectivity index (χ4v) is 5.97. The van der Waals surface area contributed by atoms with Gasteiger partial charge in [-0.15, -0.1) is 0 Å². The molecule has 0 bridgehead atoms. The summed E-state index contributed by atoms with van der Waals surface area (Å²) in [4.78, 5) is 7.31. The quantitative estimate of drug-likeness (QED) is 0.215. The Labute approximate surface area is 253 Å². The molecule has 0 fully saturated rings. The highest BCUT2D eigenvalue weighted by atomic mass is 15.2. The lowest BCUT2D eigenvalue weighted by Crippen LogP contribution is -2.19. The molecule has 1 aliphatic rings. The second kappa shape index (κ2) is 9.90. The van der Waals surface area contributed by atoms with Gasteiger partial charge < -0.3 is 4.90 Å². The van der Waals surface area contributed by atoms with Crippen LogP contribution in [0.4, 0.5) is 17.1 Å². The molecule has 42 heavy (non-hydrogen) atoms. The van der Waals surface area contributed by atoms with Gasteiger partial charge in [0.05, 0.1) is 34.9 Å². The molecule has 0 N–H and O–H groups in total. The van der Waals surface area contributed by atoms with Crippen LogP contribution in [0.15, 0.2) is 145 Å². The first-order valence-corrected chi connectivity index (χ1v) is 14.1. The summed E-state index contributed by atoms with van der Waals surface area (Å²) in [6.45, 7) is 2.15. The van der Waals surface area contributed by atoms with Crippen LogP contribution in [0.5, 0.6) is 0 Å². The van der Waals surface area contributed by atoms with Gasteiger partial charge in [-0.05, 0) is 69.8 Å². The molecule has 1 aliphatic heterocycles. The number of benzene rings is 6. The van der Waals surface area contributed by atoms with Crippen molar-refractivity contribution in [2.24, 2.45) is 0 Å². The van der Waals surface area contributed by atoms with Crippen LogP contribution in [-0.2, 0) is 6.42 Å². The Balaban J connectivity index is 1.17. The van der Waals surface area contributed by atoms with Crippen molar-refractivity contribution < 1.29 is 6.85 Å². The number of hydrogen-bond acceptors (Lipinski definition) is 2. The summed E-state index contributed by atoms with van der Waals surface area (Å²) >= 11 is 0. The monoisotopic (exact) mass is 544 g/mol. The van der Waals surface area contributed by atoms with Crippen LogP contribution < -0.4 is 4.90 Å². The molecule has 0 radical (unpaired) electrons. The highest BCUT2D eigenvalue weighted by Gasteiger charge is 2.28. The van der Waals surface area contributed by atoms with E-state index in [4.69, 9.17) is 11.8 Å². The van der Waals surface area contributed by atoms with E-state index in [0.29, 0.717) is 5.56 Å². The van der Waals surface area contributed by atoms with Gasteiger partial charge in [-0.1, -0.05) is 116 Å². The Morgan fingerprint density at radius 1 is 0.571 bits per heavy atom. The third kappa shape index (κ3) is 3.93. The number of rotatable bonds is 5. The number of hydrogen-bond donors (Lipinski definition) is 0. The zero-order valence-electron chi connectivity index (χ0n) is 28.0. The van der Waals surface area contributed by atoms with Crippen LogP contribution >= 0.6 is 0 Å². The van der Waals surface area contributed by atoms with Gasteiger partial charge in [0.25, 0.3) is 0 Å². The first kappa shape index (κ1) is 19.6. The van der Waals surface area contributed by atoms with Gasteiger partial charge in [0.1, 0.15) is 5.82 Å². The molecule has 2 heterocycles. The Morgan fingerprint density at radius 2 is 1.19 bits per heavy atom. The van der Waals surface area contributed by atoms with E-state index in [2.05, 4.69) is 101 Å². The summed E-state index contributed by atoms with van der Waals surface area (Å²) < 4.78 is 42.8. The average molecular weight is 545 g/mol. The Kier molecular flexibility index (Phi) is 4.63. The van der Waals surface area contributed by atoms with Crippen molar-refractivity contribution >= 4 is 28.1 Å². The summed E-state index contributed by atoms with van der Waals surface area (Å²) in [5.41, 5.74) is 11.5. The first-order chi connectivity index (χ1) is 22.9. The molecule has 0 atom stereocenters. The van der Waals surface area contributed by atoms with Gasteiger partial charge in [-0.25, -0.2) is 4.98 Å². The van der Waals surface area contributed by atoms with Crippen LogP contribution in [0.3, 0.4) is 0 Å². The molecule has 0 spiro atoms. The van der Waals surface area contributed by atoms with Gasteiger partial charge in [0.15, 0.2) is 0 Å². The number of imidazole rings is 1. The smallest absolute Gasteiger partial charge is 0.114 e. The van der Waals surface area contributed by atoms with E-state index in [0.717, 1.165) is 68.3 Å². The number of fused-ring (bicyclic) bond motifs is 2. The fourth-order valence-electron chi connectivity index (χ4n) is 5.97. The highest BCUT2D eigenvalue weighted by Crippen LogP contribution is 2.48. The standard InChI is InChI=1S/C39H29N3/c1-2-38-40-34-14-9-15-36-39(34)42(38)35-25-24-32(26-37(35)41(36)33-12-7-4-8-13-33)31-22-20-30(21-23-31)29-18-16-28(17-19-29)27-10-5-3-6-11-27/h3-26H,2H2,1H3/i3D,5D,6D,10D,11D. The summed E-state index contributed by atoms with van der Waals surface area (Å²) in [5, 5.41) is 0. The van der Waals surface area contributed by atoms with Crippen LogP contribution in [0.2, 0.25) is 0 Å². The molecular weight excluding hydrogens is 510 g/mol. The number of nitrogens with zero attached hydrogens (tertiary/aromatic N) is 3. The number of aryl methyl sites for hydroxylation is 1. The van der Waals surface area contributed by atoms with E-state index < -0.39 is 0 Å². The van der Waals surface area contributed by atoms with Crippen LogP contribution in [-0.4, -0.2) is 9.55 Å². The number of para-hydroxylation sites is 2. The maximum absolute atomic E-state index is 8.31. The van der Waals surface area contributed by atoms with Crippen LogP contribution in [0.25, 0.3) is 50.1 Å². The van der Waals surface area contributed by atoms with Gasteiger partial charge in [0.2, 0.25) is 0 Å². The molecule has 0 unspecified atom stereocenters. The lowest BCUT2D eigenvalue weighted by molar-refractivity contribution is 0.900. The third-order valence-corrected chi connectivity index (χ3v) is 7.98. The molecular formula is C39H29N3. The second-order valence-electron chi connectivity index (χ2n) is 10.4. The highest BCUT2D eigenvalue weighted by molar-refractivity contribution is 6.02. The average Bonchev–Trinajstić information content (AvgIpc) is 3.51. The van der Waals surface area contributed by atoms with Crippen LogP contribution in [0.1, 0.15) is 19.6 Å². The lowest BCUT2D eigenvalue weighted by Gasteiger charge is -2.33. The fraction of sp³-hybridized carbons (Fsp3) is 0.0513. The molecule has 0 saturated carbocycles. The zero-order chi connectivity index (χ0) is 32.4. The van der Waals surface area contributed by atoms with Gasteiger partial charge >= 0.3 is 0 Å². The number of aromatic nitrogens is 2. The molecule has 6 aromatic carbocycles. The van der Waals surface area contributed by atoms with Crippen molar-refractivity contribution in [3.8, 4) is 39.1 Å². The maximum atomic E-state index is 8.31. The topological polar surface area (TPSA) is 21.1 Å². The largest absolute Gasteiger partial charge is 0.306 e. The summed E-state index contributed by atoms with van der Waals surface area (Å²) in [5.74, 6) is 1.04. The molecule has 0 amide bonds. The third-order valence-electron chi connectivity index (χ3n) is 7.98. The maximum Gasteiger partial charge on any atom is 0.114 e. The normalized spacial score (nSPS) is 13.6.